The fourth-order valence-electron chi connectivity index (χ4n) is 11.1. The van der Waals surface area contributed by atoms with E-state index in [1.165, 1.54) is 9.80 Å². The van der Waals surface area contributed by atoms with E-state index in [4.69, 9.17) is 65.4 Å². The molecule has 4 aliphatic carbocycles. The lowest BCUT2D eigenvalue weighted by molar-refractivity contribution is -0.142. The van der Waals surface area contributed by atoms with Gasteiger partial charge in [-0.15, -0.1) is 0 Å². The Balaban J connectivity index is 0.642. The zero-order valence-corrected chi connectivity index (χ0v) is 52.9. The molecule has 20 heteroatoms. The number of likely N-dealkylation sites (N-methyl/N-ethyl adjacent to an activating group) is 2. The van der Waals surface area contributed by atoms with Crippen LogP contribution in [0.15, 0.2) is 110 Å². The third-order valence-electron chi connectivity index (χ3n) is 16.9. The van der Waals surface area contributed by atoms with Gasteiger partial charge in [0.2, 0.25) is 11.8 Å². The Labute approximate surface area is 534 Å². The van der Waals surface area contributed by atoms with Gasteiger partial charge in [-0.05, 0) is 172 Å². The maximum atomic E-state index is 13.5. The summed E-state index contributed by atoms with van der Waals surface area (Å²) in [5, 5.41) is 21.8. The Kier molecular flexibility index (Phi) is 21.7. The van der Waals surface area contributed by atoms with Crippen molar-refractivity contribution in [3.63, 3.8) is 0 Å². The van der Waals surface area contributed by atoms with Gasteiger partial charge in [-0.25, -0.2) is 0 Å². The highest BCUT2D eigenvalue weighted by molar-refractivity contribution is 6.34. The zero-order valence-electron chi connectivity index (χ0n) is 49.9. The smallest absolute Gasteiger partial charge is 0.317 e. The van der Waals surface area contributed by atoms with Gasteiger partial charge in [0.15, 0.2) is 0 Å². The lowest BCUT2D eigenvalue weighted by atomic mass is 9.96. The molecule has 4 fully saturated rings. The molecule has 2 heterocycles. The molecule has 2 aromatic heterocycles. The number of halogens is 4. The molecule has 0 unspecified atom stereocenters. The number of nitrogens with zero attached hydrogens (tertiary/aromatic N) is 6. The van der Waals surface area contributed by atoms with Crippen molar-refractivity contribution >= 4 is 70.2 Å². The number of benzene rings is 4. The lowest BCUT2D eigenvalue weighted by Crippen LogP contribution is -2.47. The van der Waals surface area contributed by atoms with Crippen molar-refractivity contribution in [3.05, 3.63) is 163 Å². The highest BCUT2D eigenvalue weighted by atomic mass is 35.5. The molecule has 0 spiro atoms. The summed E-state index contributed by atoms with van der Waals surface area (Å²) >= 11 is 27.4. The molecular formula is C68H76Cl4N6O10. The van der Waals surface area contributed by atoms with Gasteiger partial charge >= 0.3 is 11.9 Å². The Morgan fingerprint density at radius 1 is 0.500 bits per heavy atom. The summed E-state index contributed by atoms with van der Waals surface area (Å²) in [6, 6.07) is 27.7. The number of carbonyl (C=O) groups is 4. The number of carboxylic acids is 2. The standard InChI is InChI=1S/C68H76Cl4N6O10/c1-75(29-9-7-11-45-33-59(71)47(35-57(45)69)43-85-67(23-24-67)55-37-73-27-21-51(55)53-13-3-5-15-61(53)87-49-17-18-49)63(79)39-77(41-65(81)82)31-32-78(42-66(83)84)40-64(80)76(2)30-10-8-12-46-34-60(72)48(36-58(46)70)44-86-68(25-26-68)56-38-74-28-22-52(56)54-14-4-6-16-62(54)88-50-19-20-50/h3-6,13-16,21-22,27-28,33-38,49-50H,7-12,17-20,23-26,29-32,39-44H2,1-2H3,(H,81,82)(H,83,84). The number of pyridine rings is 2. The summed E-state index contributed by atoms with van der Waals surface area (Å²) in [5.41, 5.74) is 8.46. The van der Waals surface area contributed by atoms with Gasteiger partial charge < -0.3 is 39.0 Å². The molecule has 2 amide bonds. The minimum absolute atomic E-state index is 0.0396. The molecule has 0 atom stereocenters. The SMILES string of the molecule is CN(CCCCc1cc(Cl)c(COC2(c3cnccc3-c3ccccc3OC3CC3)CC2)cc1Cl)C(=O)CN(CCN(CC(=O)O)CC(=O)N(C)CCCCc1cc(Cl)c(COC2(c3cnccc3-c3ccccc3OC3CC3)CC2)cc1Cl)CC(=O)O. The fraction of sp³-hybridized carbons (Fsp3) is 0.441. The Hall–Kier alpha value is -6.34. The summed E-state index contributed by atoms with van der Waals surface area (Å²) < 4.78 is 25.9. The predicted octanol–water partition coefficient (Wildman–Crippen LogP) is 13.0. The number of para-hydroxylation sites is 2. The van der Waals surface area contributed by atoms with Crippen molar-refractivity contribution in [2.75, 3.05) is 66.5 Å². The van der Waals surface area contributed by atoms with Gasteiger partial charge in [0.1, 0.15) is 11.5 Å². The molecule has 6 aromatic rings. The number of hydrogen-bond donors (Lipinski definition) is 2. The molecule has 0 bridgehead atoms. The van der Waals surface area contributed by atoms with E-state index >= 15 is 0 Å². The van der Waals surface area contributed by atoms with Crippen LogP contribution in [0.1, 0.15) is 110 Å². The first-order valence-electron chi connectivity index (χ1n) is 30.5. The first-order valence-corrected chi connectivity index (χ1v) is 32.0. The van der Waals surface area contributed by atoms with Crippen LogP contribution in [-0.4, -0.2) is 142 Å². The summed E-state index contributed by atoms with van der Waals surface area (Å²) in [6.07, 6.45) is 19.5. The van der Waals surface area contributed by atoms with Crippen LogP contribution in [-0.2, 0) is 65.9 Å². The number of unbranched alkanes of at least 4 members (excludes halogenated alkanes) is 2. The molecule has 466 valence electrons. The molecule has 10 rings (SSSR count). The summed E-state index contributed by atoms with van der Waals surface area (Å²) in [6.45, 7) is 0.111. The number of carboxylic acid groups (broad SMARTS) is 2. The van der Waals surface area contributed by atoms with E-state index in [0.717, 1.165) is 119 Å². The normalized spacial score (nSPS) is 15.5. The van der Waals surface area contributed by atoms with Gasteiger partial charge in [-0.1, -0.05) is 82.8 Å². The van der Waals surface area contributed by atoms with Crippen molar-refractivity contribution in [1.29, 1.82) is 0 Å². The molecule has 2 N–H and O–H groups in total. The van der Waals surface area contributed by atoms with Crippen molar-refractivity contribution in [2.45, 2.75) is 127 Å². The van der Waals surface area contributed by atoms with E-state index in [1.807, 2.05) is 85.2 Å². The number of carbonyl (C=O) groups excluding carboxylic acids is 2. The lowest BCUT2D eigenvalue weighted by Gasteiger charge is -2.28. The van der Waals surface area contributed by atoms with Crippen LogP contribution in [0.4, 0.5) is 0 Å². The van der Waals surface area contributed by atoms with Gasteiger partial charge in [0.25, 0.3) is 0 Å². The Morgan fingerprint density at radius 3 is 1.25 bits per heavy atom. The molecule has 88 heavy (non-hydrogen) atoms. The monoisotopic (exact) mass is 1280 g/mol. The zero-order chi connectivity index (χ0) is 62.0. The molecule has 4 aliphatic rings. The molecule has 4 aromatic carbocycles. The highest BCUT2D eigenvalue weighted by Crippen LogP contribution is 2.55. The molecule has 0 saturated heterocycles. The molecule has 16 nitrogen and oxygen atoms in total. The first kappa shape index (κ1) is 64.6. The minimum atomic E-state index is -1.14. The number of rotatable bonds is 35. The van der Waals surface area contributed by atoms with Gasteiger partial charge in [0.05, 0.1) is 62.8 Å². The number of ether oxygens (including phenoxy) is 4. The molecule has 4 saturated carbocycles. The third kappa shape index (κ3) is 17.3. The van der Waals surface area contributed by atoms with Crippen LogP contribution >= 0.6 is 46.4 Å². The van der Waals surface area contributed by atoms with Gasteiger partial charge in [-0.2, -0.15) is 0 Å². The molecule has 0 aliphatic heterocycles. The minimum Gasteiger partial charge on any atom is -0.490 e. The maximum Gasteiger partial charge on any atom is 0.317 e. The van der Waals surface area contributed by atoms with Crippen molar-refractivity contribution in [1.82, 2.24) is 29.6 Å². The second kappa shape index (κ2) is 29.5. The fourth-order valence-corrected chi connectivity index (χ4v) is 12.1. The Bertz CT molecular complexity index is 3240. The van der Waals surface area contributed by atoms with Crippen LogP contribution in [0.5, 0.6) is 11.5 Å². The van der Waals surface area contributed by atoms with Crippen LogP contribution in [0.25, 0.3) is 22.3 Å². The van der Waals surface area contributed by atoms with Gasteiger partial charge in [0, 0.05) is 107 Å². The van der Waals surface area contributed by atoms with Crippen molar-refractivity contribution < 1.29 is 48.3 Å². The summed E-state index contributed by atoms with van der Waals surface area (Å²) in [4.78, 5) is 65.9. The van der Waals surface area contributed by atoms with E-state index in [-0.39, 0.29) is 63.4 Å². The largest absolute Gasteiger partial charge is 0.490 e. The van der Waals surface area contributed by atoms with Crippen molar-refractivity contribution in [3.8, 4) is 33.8 Å². The second-order valence-electron chi connectivity index (χ2n) is 23.9. The van der Waals surface area contributed by atoms with Crippen LogP contribution in [0, 0.1) is 0 Å². The topological polar surface area (TPSA) is 184 Å². The summed E-state index contributed by atoms with van der Waals surface area (Å²) in [5.74, 6) is -1.14. The number of aromatic nitrogens is 2. The van der Waals surface area contributed by atoms with Gasteiger partial charge in [-0.3, -0.25) is 38.9 Å². The number of aliphatic carboxylic acids is 2. The van der Waals surface area contributed by atoms with Crippen LogP contribution in [0.2, 0.25) is 20.1 Å². The average molecular weight is 1280 g/mol. The van der Waals surface area contributed by atoms with E-state index in [1.54, 1.807) is 36.3 Å². The van der Waals surface area contributed by atoms with E-state index < -0.39 is 36.2 Å². The van der Waals surface area contributed by atoms with E-state index in [9.17, 15) is 29.4 Å². The molecular weight excluding hydrogens is 1200 g/mol. The predicted molar refractivity (Wildman–Crippen MR) is 340 cm³/mol. The number of aryl methyl sites for hydroxylation is 2. The highest BCUT2D eigenvalue weighted by Gasteiger charge is 2.49. The van der Waals surface area contributed by atoms with Crippen molar-refractivity contribution in [2.24, 2.45) is 0 Å². The van der Waals surface area contributed by atoms with Crippen LogP contribution in [0.3, 0.4) is 0 Å². The quantitative estimate of drug-likeness (QED) is 0.0358. The first-order chi connectivity index (χ1) is 42.5. The summed E-state index contributed by atoms with van der Waals surface area (Å²) in [7, 11) is 3.33. The number of hydrogen-bond acceptors (Lipinski definition) is 12. The van der Waals surface area contributed by atoms with Crippen LogP contribution < -0.4 is 9.47 Å². The van der Waals surface area contributed by atoms with E-state index in [0.29, 0.717) is 71.7 Å². The average Bonchev–Trinajstić information content (AvgIpc) is 1.74. The maximum absolute atomic E-state index is 13.5. The molecule has 0 radical (unpaired) electrons. The van der Waals surface area contributed by atoms with E-state index in [2.05, 4.69) is 22.1 Å². The Morgan fingerprint density at radius 2 is 0.875 bits per heavy atom. The number of amides is 2. The third-order valence-corrected chi connectivity index (χ3v) is 18.3. The second-order valence-corrected chi connectivity index (χ2v) is 25.5.